The average molecular weight is 563 g/mol. The first-order chi connectivity index (χ1) is 17.8. The molecule has 2 heterocycles. The van der Waals surface area contributed by atoms with Crippen molar-refractivity contribution in [3.63, 3.8) is 0 Å². The van der Waals surface area contributed by atoms with Gasteiger partial charge >= 0.3 is 5.97 Å². The Morgan fingerprint density at radius 3 is 2.65 bits per heavy atom. The van der Waals surface area contributed by atoms with E-state index in [1.807, 2.05) is 0 Å². The van der Waals surface area contributed by atoms with Gasteiger partial charge in [-0.15, -0.1) is 11.3 Å². The number of carbonyl (C=O) groups is 3. The molecule has 0 fully saturated rings. The van der Waals surface area contributed by atoms with E-state index in [0.29, 0.717) is 32.1 Å². The monoisotopic (exact) mass is 562 g/mol. The molecule has 12 heteroatoms. The summed E-state index contributed by atoms with van der Waals surface area (Å²) in [6, 6.07) is 4.83. The summed E-state index contributed by atoms with van der Waals surface area (Å²) in [6.45, 7) is 1.98. The Morgan fingerprint density at radius 2 is 1.97 bits per heavy atom. The van der Waals surface area contributed by atoms with Crippen LogP contribution in [-0.4, -0.2) is 48.8 Å². The van der Waals surface area contributed by atoms with E-state index in [2.05, 4.69) is 15.6 Å². The summed E-state index contributed by atoms with van der Waals surface area (Å²) in [5.41, 5.74) is 8.34. The highest BCUT2D eigenvalue weighted by molar-refractivity contribution is 8.16. The lowest BCUT2D eigenvalue weighted by molar-refractivity contribution is -0.115. The van der Waals surface area contributed by atoms with Crippen molar-refractivity contribution in [3.8, 4) is 5.75 Å². The predicted molar refractivity (Wildman–Crippen MR) is 148 cm³/mol. The van der Waals surface area contributed by atoms with Crippen LogP contribution in [0, 0.1) is 0 Å². The molecule has 0 radical (unpaired) electrons. The van der Waals surface area contributed by atoms with Crippen LogP contribution in [0.25, 0.3) is 0 Å². The minimum atomic E-state index is -0.895. The number of nitrogens with zero attached hydrogens (tertiary/aromatic N) is 1. The third-order valence-corrected chi connectivity index (χ3v) is 8.80. The second-order valence-electron chi connectivity index (χ2n) is 8.29. The zero-order chi connectivity index (χ0) is 26.7. The zero-order valence-corrected chi connectivity index (χ0v) is 23.0. The number of esters is 1. The Kier molecular flexibility index (Phi) is 8.46. The summed E-state index contributed by atoms with van der Waals surface area (Å²) in [5.74, 6) is -0.933. The normalized spacial score (nSPS) is 17.9. The van der Waals surface area contributed by atoms with Crippen LogP contribution in [-0.2, 0) is 27.2 Å². The summed E-state index contributed by atoms with van der Waals surface area (Å²) < 4.78 is 10.4. The van der Waals surface area contributed by atoms with Crippen molar-refractivity contribution in [2.75, 3.05) is 31.4 Å². The smallest absolute Gasteiger partial charge is 0.341 e. The number of amides is 2. The van der Waals surface area contributed by atoms with E-state index in [9.17, 15) is 14.4 Å². The number of hydrogen-bond donors (Lipinski definition) is 3. The molecular weight excluding hydrogens is 536 g/mol. The lowest BCUT2D eigenvalue weighted by Crippen LogP contribution is -2.30. The summed E-state index contributed by atoms with van der Waals surface area (Å²) in [6.07, 6.45) is 3.63. The van der Waals surface area contributed by atoms with Crippen LogP contribution in [0.3, 0.4) is 0 Å². The van der Waals surface area contributed by atoms with E-state index in [1.54, 1.807) is 25.1 Å². The van der Waals surface area contributed by atoms with E-state index < -0.39 is 23.0 Å². The maximum absolute atomic E-state index is 13.4. The number of fused-ring (bicyclic) bond motifs is 1. The first kappa shape index (κ1) is 27.0. The molecule has 1 aromatic carbocycles. The van der Waals surface area contributed by atoms with Gasteiger partial charge in [-0.1, -0.05) is 23.4 Å². The number of methoxy groups -OCH3 is 1. The zero-order valence-electron chi connectivity index (χ0n) is 20.6. The fraction of sp³-hybridized carbons (Fsp3) is 0.360. The van der Waals surface area contributed by atoms with E-state index in [4.69, 9.17) is 26.8 Å². The number of carbonyl (C=O) groups excluding carboxylic acids is 3. The molecule has 1 aliphatic carbocycles. The second-order valence-corrected chi connectivity index (χ2v) is 10.9. The fourth-order valence-corrected chi connectivity index (χ4v) is 6.87. The number of thioether (sulfide) groups is 1. The highest BCUT2D eigenvalue weighted by atomic mass is 35.5. The molecule has 4 N–H and O–H groups in total. The van der Waals surface area contributed by atoms with Crippen LogP contribution < -0.4 is 21.1 Å². The lowest BCUT2D eigenvalue weighted by Gasteiger charge is -2.13. The van der Waals surface area contributed by atoms with Crippen LogP contribution >= 0.6 is 34.7 Å². The molecule has 2 aliphatic rings. The predicted octanol–water partition coefficient (Wildman–Crippen LogP) is 4.40. The van der Waals surface area contributed by atoms with Crippen LogP contribution in [0.1, 0.15) is 40.6 Å². The molecule has 196 valence electrons. The summed E-state index contributed by atoms with van der Waals surface area (Å²) in [7, 11) is 3.02. The number of rotatable bonds is 7. The van der Waals surface area contributed by atoms with Gasteiger partial charge in [-0.05, 0) is 56.4 Å². The van der Waals surface area contributed by atoms with Gasteiger partial charge in [-0.2, -0.15) is 0 Å². The van der Waals surface area contributed by atoms with Crippen molar-refractivity contribution in [3.05, 3.63) is 50.5 Å². The van der Waals surface area contributed by atoms with Gasteiger partial charge in [0.15, 0.2) is 0 Å². The van der Waals surface area contributed by atoms with Crippen molar-refractivity contribution >= 4 is 68.2 Å². The maximum atomic E-state index is 13.4. The molecule has 0 unspecified atom stereocenters. The molecule has 2 aromatic rings. The Morgan fingerprint density at radius 1 is 1.22 bits per heavy atom. The Bertz CT molecular complexity index is 1320. The highest BCUT2D eigenvalue weighted by Gasteiger charge is 2.39. The molecule has 0 spiro atoms. The van der Waals surface area contributed by atoms with Gasteiger partial charge in [0.05, 0.1) is 29.9 Å². The number of aryl methyl sites for hydroxylation is 1. The topological polar surface area (TPSA) is 132 Å². The molecular formula is C25H27ClN4O5S2. The number of thiophene rings is 1. The molecule has 9 nitrogen and oxygen atoms in total. The van der Waals surface area contributed by atoms with Gasteiger partial charge in [-0.25, -0.2) is 4.79 Å². The van der Waals surface area contributed by atoms with Gasteiger partial charge < -0.3 is 25.8 Å². The molecule has 0 saturated carbocycles. The van der Waals surface area contributed by atoms with Gasteiger partial charge in [0, 0.05) is 23.3 Å². The number of anilines is 2. The minimum Gasteiger partial charge on any atom is -0.495 e. The van der Waals surface area contributed by atoms with E-state index >= 15 is 0 Å². The van der Waals surface area contributed by atoms with E-state index in [-0.39, 0.29) is 17.9 Å². The number of hydrogen-bond acceptors (Lipinski definition) is 9. The van der Waals surface area contributed by atoms with E-state index in [0.717, 1.165) is 47.9 Å². The Balaban J connectivity index is 1.58. The molecule has 0 bridgehead atoms. The molecule has 4 rings (SSSR count). The molecule has 1 atom stereocenters. The SMILES string of the molecule is CCOC(=O)c1c(NC(=O)[C@@H]2SC(=NC)C(C(=O)Nc3ccc(OC)c(Cl)c3)=C2N)sc2c1CCCC2. The Labute approximate surface area is 227 Å². The molecule has 1 aliphatic heterocycles. The highest BCUT2D eigenvalue weighted by Crippen LogP contribution is 2.40. The van der Waals surface area contributed by atoms with Crippen LogP contribution in [0.5, 0.6) is 5.75 Å². The number of ether oxygens (including phenoxy) is 2. The third-order valence-electron chi connectivity index (χ3n) is 5.98. The molecule has 2 amide bonds. The number of nitrogens with one attached hydrogen (secondary N) is 2. The summed E-state index contributed by atoms with van der Waals surface area (Å²) in [4.78, 5) is 44.5. The number of nitrogens with two attached hydrogens (primary N) is 1. The largest absolute Gasteiger partial charge is 0.495 e. The van der Waals surface area contributed by atoms with Crippen molar-refractivity contribution in [2.45, 2.75) is 37.9 Å². The van der Waals surface area contributed by atoms with E-state index in [1.165, 1.54) is 25.5 Å². The molecule has 1 aromatic heterocycles. The average Bonchev–Trinajstić information content (AvgIpc) is 3.41. The van der Waals surface area contributed by atoms with Crippen LogP contribution in [0.15, 0.2) is 34.5 Å². The first-order valence-corrected chi connectivity index (χ1v) is 13.8. The van der Waals surface area contributed by atoms with Crippen LogP contribution in [0.2, 0.25) is 5.02 Å². The number of benzene rings is 1. The third kappa shape index (κ3) is 5.48. The quantitative estimate of drug-likeness (QED) is 0.426. The van der Waals surface area contributed by atoms with Crippen LogP contribution in [0.4, 0.5) is 10.7 Å². The summed E-state index contributed by atoms with van der Waals surface area (Å²) in [5, 5.41) is 5.85. The second kappa shape index (κ2) is 11.6. The lowest BCUT2D eigenvalue weighted by atomic mass is 9.95. The number of halogens is 1. The standard InChI is InChI=1S/C25H27ClN4O5S2/c1-4-35-25(33)17-13-7-5-6-8-16(13)36-24(17)30-22(32)20-19(27)18(23(28-2)37-20)21(31)29-12-9-10-15(34-3)14(26)11-12/h9-11,20H,4-8,27H2,1-3H3,(H,29,31)(H,30,32)/t20-/m1/s1. The fourth-order valence-electron chi connectivity index (χ4n) is 4.26. The van der Waals surface area contributed by atoms with Gasteiger partial charge in [0.1, 0.15) is 21.0 Å². The van der Waals surface area contributed by atoms with Crippen molar-refractivity contribution in [1.82, 2.24) is 0 Å². The number of aliphatic imine (C=N–C) groups is 1. The van der Waals surface area contributed by atoms with Gasteiger partial charge in [0.25, 0.3) is 5.91 Å². The maximum Gasteiger partial charge on any atom is 0.341 e. The van der Waals surface area contributed by atoms with Gasteiger partial charge in [-0.3, -0.25) is 14.6 Å². The van der Waals surface area contributed by atoms with Crippen molar-refractivity contribution < 1.29 is 23.9 Å². The summed E-state index contributed by atoms with van der Waals surface area (Å²) >= 11 is 8.64. The van der Waals surface area contributed by atoms with Crippen molar-refractivity contribution in [2.24, 2.45) is 10.7 Å². The minimum absolute atomic E-state index is 0.0826. The first-order valence-electron chi connectivity index (χ1n) is 11.7. The van der Waals surface area contributed by atoms with Crippen molar-refractivity contribution in [1.29, 1.82) is 0 Å². The molecule has 37 heavy (non-hydrogen) atoms. The molecule has 0 saturated heterocycles. The van der Waals surface area contributed by atoms with Gasteiger partial charge in [0.2, 0.25) is 5.91 Å². The Hall–Kier alpha value is -3.02.